The van der Waals surface area contributed by atoms with Gasteiger partial charge >= 0.3 is 5.97 Å². The van der Waals surface area contributed by atoms with E-state index in [1.807, 2.05) is 6.07 Å². The van der Waals surface area contributed by atoms with Gasteiger partial charge in [0.1, 0.15) is 0 Å². The van der Waals surface area contributed by atoms with E-state index in [0.717, 1.165) is 0 Å². The van der Waals surface area contributed by atoms with E-state index in [9.17, 15) is 15.0 Å². The number of carbonyl (C=O) groups is 1. The average molecular weight is 225 g/mol. The number of hydrogen-bond acceptors (Lipinski definition) is 5. The van der Waals surface area contributed by atoms with Crippen LogP contribution < -0.4 is 5.32 Å². The van der Waals surface area contributed by atoms with Crippen LogP contribution in [0.2, 0.25) is 0 Å². The molecule has 0 saturated carbocycles. The van der Waals surface area contributed by atoms with Crippen LogP contribution in [0.4, 0.5) is 5.69 Å². The number of anilines is 1. The predicted molar refractivity (Wildman–Crippen MR) is 58.7 cm³/mol. The molecule has 0 amide bonds. The molecule has 0 fully saturated rings. The Hall–Kier alpha value is -1.59. The standard InChI is InChI=1S/C11H15NO4/c1-2-16-10(13)11(14,15)8-12-9-6-4-3-5-7-9/h3-7,12,14-15H,2,8H2,1H3. The van der Waals surface area contributed by atoms with Crippen molar-refractivity contribution in [3.05, 3.63) is 30.3 Å². The van der Waals surface area contributed by atoms with Crippen molar-refractivity contribution in [2.75, 3.05) is 18.5 Å². The number of carbonyl (C=O) groups excluding carboxylic acids is 1. The molecule has 0 radical (unpaired) electrons. The Labute approximate surface area is 93.7 Å². The lowest BCUT2D eigenvalue weighted by molar-refractivity contribution is -0.204. The van der Waals surface area contributed by atoms with E-state index >= 15 is 0 Å². The fourth-order valence-corrected chi connectivity index (χ4v) is 1.10. The van der Waals surface area contributed by atoms with Crippen LogP contribution in [-0.4, -0.2) is 35.1 Å². The molecule has 0 saturated heterocycles. The third-order valence-electron chi connectivity index (χ3n) is 1.92. The summed E-state index contributed by atoms with van der Waals surface area (Å²) in [6, 6.07) is 8.93. The number of aliphatic hydroxyl groups is 2. The van der Waals surface area contributed by atoms with E-state index in [2.05, 4.69) is 10.1 Å². The van der Waals surface area contributed by atoms with Crippen LogP contribution >= 0.6 is 0 Å². The van der Waals surface area contributed by atoms with Crippen molar-refractivity contribution in [2.24, 2.45) is 0 Å². The predicted octanol–water partition coefficient (Wildman–Crippen LogP) is 0.342. The van der Waals surface area contributed by atoms with Crippen molar-refractivity contribution >= 4 is 11.7 Å². The minimum absolute atomic E-state index is 0.104. The van der Waals surface area contributed by atoms with Gasteiger partial charge in [0.2, 0.25) is 0 Å². The summed E-state index contributed by atoms with van der Waals surface area (Å²) in [4.78, 5) is 11.1. The van der Waals surface area contributed by atoms with E-state index in [0.29, 0.717) is 5.69 Å². The van der Waals surface area contributed by atoms with E-state index in [1.54, 1.807) is 31.2 Å². The van der Waals surface area contributed by atoms with E-state index in [-0.39, 0.29) is 13.2 Å². The van der Waals surface area contributed by atoms with Crippen LogP contribution in [0.3, 0.4) is 0 Å². The first kappa shape index (κ1) is 12.5. The Kier molecular flexibility index (Phi) is 4.28. The zero-order valence-electron chi connectivity index (χ0n) is 9.01. The summed E-state index contributed by atoms with van der Waals surface area (Å²) in [5, 5.41) is 21.5. The summed E-state index contributed by atoms with van der Waals surface area (Å²) in [6.07, 6.45) is 0. The molecule has 16 heavy (non-hydrogen) atoms. The smallest absolute Gasteiger partial charge is 0.368 e. The SMILES string of the molecule is CCOC(=O)C(O)(O)CNc1ccccc1. The number of nitrogens with one attached hydrogen (secondary N) is 1. The minimum Gasteiger partial charge on any atom is -0.462 e. The fourth-order valence-electron chi connectivity index (χ4n) is 1.10. The molecule has 0 bridgehead atoms. The first-order valence-electron chi connectivity index (χ1n) is 4.97. The first-order valence-corrected chi connectivity index (χ1v) is 4.97. The van der Waals surface area contributed by atoms with Gasteiger partial charge in [0.15, 0.2) is 0 Å². The third-order valence-corrected chi connectivity index (χ3v) is 1.92. The van der Waals surface area contributed by atoms with Crippen LogP contribution in [0, 0.1) is 0 Å². The van der Waals surface area contributed by atoms with Crippen LogP contribution in [0.5, 0.6) is 0 Å². The topological polar surface area (TPSA) is 78.8 Å². The lowest BCUT2D eigenvalue weighted by atomic mass is 10.2. The van der Waals surface area contributed by atoms with Gasteiger partial charge in [-0.3, -0.25) is 0 Å². The molecule has 0 spiro atoms. The maximum absolute atomic E-state index is 11.1. The van der Waals surface area contributed by atoms with Gasteiger partial charge in [-0.2, -0.15) is 0 Å². The number of ether oxygens (including phenoxy) is 1. The van der Waals surface area contributed by atoms with Crippen molar-refractivity contribution in [1.82, 2.24) is 0 Å². The summed E-state index contributed by atoms with van der Waals surface area (Å²) < 4.78 is 4.52. The van der Waals surface area contributed by atoms with E-state index in [1.165, 1.54) is 0 Å². The molecule has 1 rings (SSSR count). The molecular formula is C11H15NO4. The second-order valence-corrected chi connectivity index (χ2v) is 3.26. The summed E-state index contributed by atoms with van der Waals surface area (Å²) in [6.45, 7) is 1.38. The Balaban J connectivity index is 2.51. The second kappa shape index (κ2) is 5.48. The Morgan fingerprint density at radius 3 is 2.56 bits per heavy atom. The lowest BCUT2D eigenvalue weighted by Gasteiger charge is -2.20. The van der Waals surface area contributed by atoms with Gasteiger partial charge in [-0.05, 0) is 19.1 Å². The normalized spacial score (nSPS) is 10.9. The highest BCUT2D eigenvalue weighted by molar-refractivity contribution is 5.78. The molecule has 5 heteroatoms. The van der Waals surface area contributed by atoms with Crippen LogP contribution in [0.1, 0.15) is 6.92 Å². The molecule has 5 nitrogen and oxygen atoms in total. The van der Waals surface area contributed by atoms with Crippen molar-refractivity contribution in [2.45, 2.75) is 12.7 Å². The van der Waals surface area contributed by atoms with Crippen molar-refractivity contribution in [3.63, 3.8) is 0 Å². The highest BCUT2D eigenvalue weighted by Gasteiger charge is 2.34. The average Bonchev–Trinajstić information content (AvgIpc) is 2.28. The maximum Gasteiger partial charge on any atom is 0.368 e. The Morgan fingerprint density at radius 1 is 1.38 bits per heavy atom. The van der Waals surface area contributed by atoms with Gasteiger partial charge in [0, 0.05) is 5.69 Å². The molecular weight excluding hydrogens is 210 g/mol. The number of rotatable bonds is 5. The van der Waals surface area contributed by atoms with Gasteiger partial charge in [-0.1, -0.05) is 18.2 Å². The molecule has 0 heterocycles. The summed E-state index contributed by atoms with van der Waals surface area (Å²) in [7, 11) is 0. The highest BCUT2D eigenvalue weighted by atomic mass is 16.6. The van der Waals surface area contributed by atoms with Crippen LogP contribution in [0.25, 0.3) is 0 Å². The number of para-hydroxylation sites is 1. The van der Waals surface area contributed by atoms with Crippen LogP contribution in [-0.2, 0) is 9.53 Å². The summed E-state index contributed by atoms with van der Waals surface area (Å²) >= 11 is 0. The molecule has 1 aromatic carbocycles. The Morgan fingerprint density at radius 2 is 2.00 bits per heavy atom. The molecule has 0 atom stereocenters. The van der Waals surface area contributed by atoms with Crippen molar-refractivity contribution in [3.8, 4) is 0 Å². The van der Waals surface area contributed by atoms with Crippen LogP contribution in [0.15, 0.2) is 30.3 Å². The summed E-state index contributed by atoms with van der Waals surface area (Å²) in [5.74, 6) is -3.57. The summed E-state index contributed by atoms with van der Waals surface area (Å²) in [5.41, 5.74) is 0.694. The molecule has 0 aliphatic heterocycles. The largest absolute Gasteiger partial charge is 0.462 e. The number of esters is 1. The fraction of sp³-hybridized carbons (Fsp3) is 0.364. The molecule has 0 aromatic heterocycles. The molecule has 0 aliphatic carbocycles. The lowest BCUT2D eigenvalue weighted by Crippen LogP contribution is -2.46. The third kappa shape index (κ3) is 3.52. The quantitative estimate of drug-likeness (QED) is 0.497. The monoisotopic (exact) mass is 225 g/mol. The second-order valence-electron chi connectivity index (χ2n) is 3.26. The molecule has 3 N–H and O–H groups in total. The van der Waals surface area contributed by atoms with Crippen molar-refractivity contribution < 1.29 is 19.7 Å². The van der Waals surface area contributed by atoms with Gasteiger partial charge in [-0.25, -0.2) is 4.79 Å². The molecule has 88 valence electrons. The van der Waals surface area contributed by atoms with Gasteiger partial charge in [0.25, 0.3) is 5.79 Å². The molecule has 0 aliphatic rings. The number of hydrogen-bond donors (Lipinski definition) is 3. The minimum atomic E-state index is -2.51. The maximum atomic E-state index is 11.1. The zero-order valence-corrected chi connectivity index (χ0v) is 9.01. The van der Waals surface area contributed by atoms with Gasteiger partial charge in [0.05, 0.1) is 13.2 Å². The number of benzene rings is 1. The van der Waals surface area contributed by atoms with E-state index in [4.69, 9.17) is 0 Å². The van der Waals surface area contributed by atoms with Crippen molar-refractivity contribution in [1.29, 1.82) is 0 Å². The first-order chi connectivity index (χ1) is 7.56. The van der Waals surface area contributed by atoms with E-state index < -0.39 is 11.8 Å². The molecule has 0 unspecified atom stereocenters. The molecule has 1 aromatic rings. The van der Waals surface area contributed by atoms with Gasteiger partial charge in [-0.15, -0.1) is 0 Å². The Bertz CT molecular complexity index is 337. The van der Waals surface area contributed by atoms with Gasteiger partial charge < -0.3 is 20.3 Å². The highest BCUT2D eigenvalue weighted by Crippen LogP contribution is 2.08. The zero-order chi connectivity index (χ0) is 12.0.